The number of allylic oxidation sites excluding steroid dienone is 6. The summed E-state index contributed by atoms with van der Waals surface area (Å²) in [7, 11) is -4.60. The first-order valence-electron chi connectivity index (χ1n) is 22.5. The Morgan fingerprint density at radius 2 is 1.07 bits per heavy atom. The van der Waals surface area contributed by atoms with Crippen molar-refractivity contribution in [1.29, 1.82) is 0 Å². The number of hydrogen-bond donors (Lipinski definition) is 4. The summed E-state index contributed by atoms with van der Waals surface area (Å²) in [6, 6.07) is 0. The summed E-state index contributed by atoms with van der Waals surface area (Å²) in [5.41, 5.74) is 0. The molecular formula is C45H80O12S. The molecule has 0 bridgehead atoms. The molecule has 13 heteroatoms. The van der Waals surface area contributed by atoms with Gasteiger partial charge in [0.2, 0.25) is 0 Å². The van der Waals surface area contributed by atoms with Gasteiger partial charge in [-0.3, -0.25) is 14.1 Å². The smallest absolute Gasteiger partial charge is 0.306 e. The van der Waals surface area contributed by atoms with Crippen molar-refractivity contribution in [2.45, 2.75) is 218 Å². The highest BCUT2D eigenvalue weighted by atomic mass is 32.2. The van der Waals surface area contributed by atoms with E-state index < -0.39 is 71.2 Å². The number of carbonyl (C=O) groups excluding carboxylic acids is 2. The van der Waals surface area contributed by atoms with E-state index in [1.807, 2.05) is 0 Å². The lowest BCUT2D eigenvalue weighted by molar-refractivity contribution is -0.297. The number of unbranched alkanes of at least 4 members (excludes halogenated alkanes) is 19. The predicted molar refractivity (Wildman–Crippen MR) is 229 cm³/mol. The average molecular weight is 845 g/mol. The van der Waals surface area contributed by atoms with E-state index in [2.05, 4.69) is 50.3 Å². The summed E-state index contributed by atoms with van der Waals surface area (Å²) in [6.07, 6.45) is 30.5. The Labute approximate surface area is 351 Å². The number of ether oxygens (including phenoxy) is 4. The number of esters is 2. The van der Waals surface area contributed by atoms with E-state index >= 15 is 0 Å². The van der Waals surface area contributed by atoms with Crippen LogP contribution in [0.1, 0.15) is 181 Å². The van der Waals surface area contributed by atoms with E-state index in [9.17, 15) is 37.9 Å². The molecule has 12 nitrogen and oxygen atoms in total. The van der Waals surface area contributed by atoms with Crippen LogP contribution in [0, 0.1) is 0 Å². The Bertz CT molecular complexity index is 1220. The summed E-state index contributed by atoms with van der Waals surface area (Å²) < 4.78 is 54.0. The standard InChI is InChI=1S/C45H80O12S/c1-3-5-7-9-11-13-15-17-18-19-20-22-23-25-27-29-31-33-40(46)54-35-38(36-55-45-44(50)43(49)42(48)39(57-45)37-58(51,52)53)56-41(47)34-32-30-28-26-24-21-16-14-12-10-8-6-4-2/h8,10,14,16-18,38-39,42-45,48-50H,3-7,9,11-13,15,19-37H2,1-2H3,(H,51,52,53)/b10-8-,16-14-,18-17-. The molecule has 0 aromatic heterocycles. The Kier molecular flexibility index (Phi) is 33.1. The summed E-state index contributed by atoms with van der Waals surface area (Å²) in [5.74, 6) is -2.01. The first-order valence-corrected chi connectivity index (χ1v) is 24.2. The number of aliphatic hydroxyl groups is 3. The lowest BCUT2D eigenvalue weighted by atomic mass is 10.00. The van der Waals surface area contributed by atoms with Gasteiger partial charge in [-0.1, -0.05) is 140 Å². The normalized spacial score (nSPS) is 20.7. The van der Waals surface area contributed by atoms with Crippen molar-refractivity contribution in [3.05, 3.63) is 36.5 Å². The molecule has 0 aromatic carbocycles. The molecule has 1 aliphatic rings. The fourth-order valence-corrected chi connectivity index (χ4v) is 7.34. The Morgan fingerprint density at radius 3 is 1.60 bits per heavy atom. The fourth-order valence-electron chi connectivity index (χ4n) is 6.65. The second-order valence-electron chi connectivity index (χ2n) is 15.7. The van der Waals surface area contributed by atoms with Crippen LogP contribution in [0.3, 0.4) is 0 Å². The van der Waals surface area contributed by atoms with Gasteiger partial charge in [-0.15, -0.1) is 0 Å². The molecule has 0 saturated carbocycles. The zero-order chi connectivity index (χ0) is 42.7. The summed E-state index contributed by atoms with van der Waals surface area (Å²) in [5, 5.41) is 30.9. The van der Waals surface area contributed by atoms with Crippen molar-refractivity contribution < 1.29 is 56.8 Å². The molecular weight excluding hydrogens is 765 g/mol. The first kappa shape index (κ1) is 53.9. The van der Waals surface area contributed by atoms with Gasteiger partial charge in [-0.2, -0.15) is 8.42 Å². The summed E-state index contributed by atoms with van der Waals surface area (Å²) >= 11 is 0. The van der Waals surface area contributed by atoms with Gasteiger partial charge in [0.05, 0.1) is 6.61 Å². The van der Waals surface area contributed by atoms with Crippen molar-refractivity contribution in [3.63, 3.8) is 0 Å². The Balaban J connectivity index is 2.45. The second-order valence-corrected chi connectivity index (χ2v) is 17.2. The number of rotatable bonds is 37. The minimum atomic E-state index is -4.60. The molecule has 1 heterocycles. The monoisotopic (exact) mass is 845 g/mol. The number of carbonyl (C=O) groups is 2. The molecule has 1 rings (SSSR count). The van der Waals surface area contributed by atoms with Crippen LogP contribution in [-0.4, -0.2) is 96.0 Å². The molecule has 4 N–H and O–H groups in total. The highest BCUT2D eigenvalue weighted by molar-refractivity contribution is 7.85. The maximum Gasteiger partial charge on any atom is 0.306 e. The van der Waals surface area contributed by atoms with Crippen LogP contribution in [0.2, 0.25) is 0 Å². The first-order chi connectivity index (χ1) is 28.0. The van der Waals surface area contributed by atoms with Crippen LogP contribution in [-0.2, 0) is 38.7 Å². The highest BCUT2D eigenvalue weighted by Gasteiger charge is 2.46. The molecule has 338 valence electrons. The van der Waals surface area contributed by atoms with Crippen LogP contribution < -0.4 is 0 Å². The van der Waals surface area contributed by atoms with Crippen molar-refractivity contribution in [2.24, 2.45) is 0 Å². The third kappa shape index (κ3) is 30.0. The maximum atomic E-state index is 12.8. The van der Waals surface area contributed by atoms with E-state index in [0.29, 0.717) is 12.8 Å². The summed E-state index contributed by atoms with van der Waals surface area (Å²) in [4.78, 5) is 25.4. The van der Waals surface area contributed by atoms with E-state index in [-0.39, 0.29) is 19.4 Å². The molecule has 6 unspecified atom stereocenters. The van der Waals surface area contributed by atoms with Crippen molar-refractivity contribution >= 4 is 22.1 Å². The molecule has 0 aliphatic carbocycles. The third-order valence-corrected chi connectivity index (χ3v) is 10.9. The topological polar surface area (TPSA) is 186 Å². The quantitative estimate of drug-likeness (QED) is 0.0202. The molecule has 6 atom stereocenters. The molecule has 1 aliphatic heterocycles. The van der Waals surface area contributed by atoms with Gasteiger partial charge >= 0.3 is 11.9 Å². The van der Waals surface area contributed by atoms with Gasteiger partial charge in [0.1, 0.15) is 36.8 Å². The average Bonchev–Trinajstić information content (AvgIpc) is 3.18. The van der Waals surface area contributed by atoms with Gasteiger partial charge < -0.3 is 34.3 Å². The van der Waals surface area contributed by atoms with E-state index in [4.69, 9.17) is 18.9 Å². The summed E-state index contributed by atoms with van der Waals surface area (Å²) in [6.45, 7) is 3.67. The Hall–Kier alpha value is -2.13. The fraction of sp³-hybridized carbons (Fsp3) is 0.822. The molecule has 0 aromatic rings. The zero-order valence-electron chi connectivity index (χ0n) is 35.9. The van der Waals surface area contributed by atoms with Crippen molar-refractivity contribution in [2.75, 3.05) is 19.0 Å². The number of hydrogen-bond acceptors (Lipinski definition) is 11. The van der Waals surface area contributed by atoms with E-state index in [0.717, 1.165) is 77.0 Å². The SMILES string of the molecule is CCC/C=C\C/C=C\CCCCCCCC(=O)OC(COC(=O)CCCCCCCCC/C=C\CCCCCCCC)COC1OC(CS(=O)(=O)O)C(O)C(O)C1O. The zero-order valence-corrected chi connectivity index (χ0v) is 36.7. The van der Waals surface area contributed by atoms with Gasteiger partial charge in [0.25, 0.3) is 10.1 Å². The van der Waals surface area contributed by atoms with E-state index in [1.165, 1.54) is 64.2 Å². The van der Waals surface area contributed by atoms with Gasteiger partial charge in [0.15, 0.2) is 12.4 Å². The molecule has 0 radical (unpaired) electrons. The molecule has 1 saturated heterocycles. The minimum Gasteiger partial charge on any atom is -0.462 e. The van der Waals surface area contributed by atoms with Crippen molar-refractivity contribution in [3.8, 4) is 0 Å². The van der Waals surface area contributed by atoms with E-state index in [1.54, 1.807) is 0 Å². The predicted octanol–water partition coefficient (Wildman–Crippen LogP) is 9.00. The lowest BCUT2D eigenvalue weighted by Crippen LogP contribution is -2.60. The highest BCUT2D eigenvalue weighted by Crippen LogP contribution is 2.24. The molecule has 0 spiro atoms. The Morgan fingerprint density at radius 1 is 0.586 bits per heavy atom. The minimum absolute atomic E-state index is 0.147. The van der Waals surface area contributed by atoms with Gasteiger partial charge in [-0.05, 0) is 64.2 Å². The maximum absolute atomic E-state index is 12.8. The molecule has 58 heavy (non-hydrogen) atoms. The van der Waals surface area contributed by atoms with Crippen LogP contribution in [0.15, 0.2) is 36.5 Å². The van der Waals surface area contributed by atoms with Crippen molar-refractivity contribution in [1.82, 2.24) is 0 Å². The largest absolute Gasteiger partial charge is 0.462 e. The van der Waals surface area contributed by atoms with Crippen LogP contribution in [0.5, 0.6) is 0 Å². The van der Waals surface area contributed by atoms with Gasteiger partial charge in [-0.25, -0.2) is 0 Å². The third-order valence-electron chi connectivity index (χ3n) is 10.2. The van der Waals surface area contributed by atoms with Crippen LogP contribution >= 0.6 is 0 Å². The molecule has 1 fully saturated rings. The lowest BCUT2D eigenvalue weighted by Gasteiger charge is -2.40. The van der Waals surface area contributed by atoms with Gasteiger partial charge in [0, 0.05) is 12.8 Å². The number of aliphatic hydroxyl groups excluding tert-OH is 3. The second kappa shape index (κ2) is 35.6. The van der Waals surface area contributed by atoms with Crippen LogP contribution in [0.25, 0.3) is 0 Å². The molecule has 0 amide bonds. The van der Waals surface area contributed by atoms with Crippen LogP contribution in [0.4, 0.5) is 0 Å².